The monoisotopic (exact) mass is 649 g/mol. The topological polar surface area (TPSA) is 129 Å². The predicted octanol–water partition coefficient (Wildman–Crippen LogP) is 4.69. The van der Waals surface area contributed by atoms with E-state index >= 15 is 0 Å². The number of carbonyl (C=O) groups is 1. The minimum Gasteiger partial charge on any atom is -0.497 e. The van der Waals surface area contributed by atoms with Gasteiger partial charge >= 0.3 is 12.4 Å². The maximum atomic E-state index is 13.3. The van der Waals surface area contributed by atoms with E-state index in [2.05, 4.69) is 10.3 Å². The van der Waals surface area contributed by atoms with Crippen molar-refractivity contribution in [3.8, 4) is 11.5 Å². The molecule has 1 N–H and O–H groups in total. The van der Waals surface area contributed by atoms with Crippen molar-refractivity contribution in [3.63, 3.8) is 0 Å². The number of rotatable bonds is 8. The average molecular weight is 650 g/mol. The summed E-state index contributed by atoms with van der Waals surface area (Å²) in [5, 5.41) is 3.00. The molecular weight excluding hydrogens is 621 g/mol. The van der Waals surface area contributed by atoms with E-state index in [-0.39, 0.29) is 12.4 Å². The Bertz CT molecular complexity index is 1570. The number of ether oxygens (including phenoxy) is 4. The Labute approximate surface area is 257 Å². The van der Waals surface area contributed by atoms with Crippen LogP contribution >= 0.6 is 18.3 Å². The van der Waals surface area contributed by atoms with Gasteiger partial charge in [-0.1, -0.05) is 23.7 Å². The van der Waals surface area contributed by atoms with Gasteiger partial charge in [0, 0.05) is 30.2 Å². The van der Waals surface area contributed by atoms with Gasteiger partial charge in [-0.25, -0.2) is 4.79 Å². The van der Waals surface area contributed by atoms with Gasteiger partial charge in [-0.2, -0.15) is 4.98 Å². The maximum Gasteiger partial charge on any atom is 0.381 e. The number of hydrogen-bond donors (Lipinski definition) is 1. The number of methoxy groups -OCH3 is 1. The van der Waals surface area contributed by atoms with Crippen LogP contribution in [0.1, 0.15) is 35.8 Å². The fraction of sp³-hybridized carbons (Fsp3) is 0.393. The summed E-state index contributed by atoms with van der Waals surface area (Å²) in [7, 11) is 1.54. The number of halogens is 1. The van der Waals surface area contributed by atoms with Gasteiger partial charge in [0.25, 0.3) is 5.91 Å². The minimum atomic E-state index is -3.32. The van der Waals surface area contributed by atoms with E-state index in [1.165, 1.54) is 23.9 Å². The molecule has 0 saturated carbocycles. The number of para-hydroxylation sites is 1. The molecule has 4 unspecified atom stereocenters. The number of benzene rings is 2. The third-order valence-corrected chi connectivity index (χ3v) is 9.62. The molecule has 2 aromatic carbocycles. The first-order valence-electron chi connectivity index (χ1n) is 13.7. The van der Waals surface area contributed by atoms with Crippen molar-refractivity contribution in [2.75, 3.05) is 25.6 Å². The summed E-state index contributed by atoms with van der Waals surface area (Å²) < 4.78 is 43.0. The summed E-state index contributed by atoms with van der Waals surface area (Å²) in [6, 6.07) is 14.9. The summed E-state index contributed by atoms with van der Waals surface area (Å²) in [5.41, 5.74) is -0.287. The van der Waals surface area contributed by atoms with E-state index in [1.54, 1.807) is 48.5 Å². The Kier molecular flexibility index (Phi) is 9.13. The summed E-state index contributed by atoms with van der Waals surface area (Å²) in [4.78, 5) is 30.0. The summed E-state index contributed by atoms with van der Waals surface area (Å²) in [6.45, 7) is -2.72. The summed E-state index contributed by atoms with van der Waals surface area (Å²) in [5.74, 6) is 0.599. The molecule has 15 heteroatoms. The number of carbonyl (C=O) groups excluding carboxylic acids is 1. The fourth-order valence-corrected chi connectivity index (χ4v) is 7.36. The van der Waals surface area contributed by atoms with Gasteiger partial charge in [0.1, 0.15) is 35.6 Å². The number of anilines is 1. The van der Waals surface area contributed by atoms with Gasteiger partial charge in [-0.3, -0.25) is 18.4 Å². The first-order valence-corrected chi connectivity index (χ1v) is 16.6. The van der Waals surface area contributed by atoms with Gasteiger partial charge in [0.2, 0.25) is 0 Å². The highest BCUT2D eigenvalue weighted by Gasteiger charge is 2.54. The second-order valence-corrected chi connectivity index (χ2v) is 13.3. The van der Waals surface area contributed by atoms with Crippen molar-refractivity contribution in [1.82, 2.24) is 9.55 Å². The molecule has 0 spiro atoms. The third-order valence-electron chi connectivity index (χ3n) is 7.12. The van der Waals surface area contributed by atoms with Crippen molar-refractivity contribution in [1.29, 1.82) is 0 Å². The molecule has 4 heterocycles. The van der Waals surface area contributed by atoms with Gasteiger partial charge in [0.15, 0.2) is 12.5 Å². The Morgan fingerprint density at radius 1 is 1.16 bits per heavy atom. The molecule has 0 radical (unpaired) electrons. The number of fused-ring (bicyclic) bond motifs is 1. The zero-order valence-corrected chi connectivity index (χ0v) is 25.5. The Morgan fingerprint density at radius 3 is 2.70 bits per heavy atom. The van der Waals surface area contributed by atoms with Crippen LogP contribution in [-0.4, -0.2) is 60.4 Å². The van der Waals surface area contributed by atoms with Crippen LogP contribution in [0.2, 0.25) is 5.02 Å². The van der Waals surface area contributed by atoms with Crippen LogP contribution < -0.4 is 20.3 Å². The molecule has 6 rings (SSSR count). The quantitative estimate of drug-likeness (QED) is 0.342. The van der Waals surface area contributed by atoms with E-state index in [1.807, 2.05) is 0 Å². The molecule has 0 bridgehead atoms. The zero-order chi connectivity index (χ0) is 30.0. The minimum absolute atomic E-state index is 0.0481. The first kappa shape index (κ1) is 30.2. The lowest BCUT2D eigenvalue weighted by Gasteiger charge is -2.36. The van der Waals surface area contributed by atoms with Crippen LogP contribution in [0.25, 0.3) is 0 Å². The number of amides is 1. The lowest BCUT2D eigenvalue weighted by molar-refractivity contribution is -0.214. The molecule has 3 fully saturated rings. The Hall–Kier alpha value is -2.87. The highest BCUT2D eigenvalue weighted by molar-refractivity contribution is 8.07. The van der Waals surface area contributed by atoms with Crippen LogP contribution in [0.3, 0.4) is 0 Å². The van der Waals surface area contributed by atoms with Crippen LogP contribution in [0.5, 0.6) is 11.5 Å². The van der Waals surface area contributed by atoms with Crippen molar-refractivity contribution < 1.29 is 37.3 Å². The Balaban J connectivity index is 1.23. The largest absolute Gasteiger partial charge is 0.497 e. The summed E-state index contributed by atoms with van der Waals surface area (Å²) in [6.07, 6.45) is 0.375. The van der Waals surface area contributed by atoms with Crippen molar-refractivity contribution in [2.24, 2.45) is 0 Å². The van der Waals surface area contributed by atoms with Gasteiger partial charge in [-0.05, 0) is 61.7 Å². The molecule has 3 aromatic rings. The highest BCUT2D eigenvalue weighted by atomic mass is 35.5. The fourth-order valence-electron chi connectivity index (χ4n) is 4.97. The van der Waals surface area contributed by atoms with Crippen molar-refractivity contribution >= 4 is 41.9 Å². The van der Waals surface area contributed by atoms with E-state index in [9.17, 15) is 9.59 Å². The Morgan fingerprint density at radius 2 is 1.98 bits per heavy atom. The number of nitrogens with one attached hydrogen (secondary N) is 1. The molecule has 228 valence electrons. The lowest BCUT2D eigenvalue weighted by atomic mass is 10.1. The zero-order valence-electron chi connectivity index (χ0n) is 23.0. The first-order chi connectivity index (χ1) is 20.8. The SMILES string of the molecule is COc1ccc(C(=O)Nc2ccn([C@@H]3O[C@@H]4COP(=S)(Oc5ccccc5Cl)OC4C3OC3CCCCO3)c(=O)n2)cc1. The molecule has 3 aliphatic rings. The lowest BCUT2D eigenvalue weighted by Crippen LogP contribution is -2.44. The van der Waals surface area contributed by atoms with E-state index in [0.717, 1.165) is 12.8 Å². The van der Waals surface area contributed by atoms with Crippen LogP contribution in [0.4, 0.5) is 5.82 Å². The molecule has 3 aliphatic heterocycles. The predicted molar refractivity (Wildman–Crippen MR) is 159 cm³/mol. The average Bonchev–Trinajstić information content (AvgIpc) is 3.35. The maximum absolute atomic E-state index is 13.3. The van der Waals surface area contributed by atoms with Crippen molar-refractivity contribution in [3.05, 3.63) is 81.9 Å². The third kappa shape index (κ3) is 6.79. The van der Waals surface area contributed by atoms with E-state index in [4.69, 9.17) is 55.9 Å². The normalized spacial score (nSPS) is 28.6. The van der Waals surface area contributed by atoms with Gasteiger partial charge < -0.3 is 28.8 Å². The second-order valence-electron chi connectivity index (χ2n) is 9.98. The molecule has 1 aromatic heterocycles. The number of aromatic nitrogens is 2. The van der Waals surface area contributed by atoms with Crippen LogP contribution in [0, 0.1) is 0 Å². The molecular formula is C28H29ClN3O9PS. The molecule has 1 amide bonds. The molecule has 0 aliphatic carbocycles. The number of hydrogen-bond acceptors (Lipinski definition) is 11. The molecule has 43 heavy (non-hydrogen) atoms. The smallest absolute Gasteiger partial charge is 0.381 e. The van der Waals surface area contributed by atoms with Gasteiger partial charge in [0.05, 0.1) is 18.7 Å². The standard InChI is InChI=1S/C28H29ClN3O9PS/c1-35-18-11-9-17(10-12-18)26(33)30-22-13-14-32(28(34)31-22)27-25(39-23-8-4-5-15-36-23)24-21(38-27)16-37-42(43,41-24)40-20-7-3-2-6-19(20)29/h2-3,6-7,9-14,21,23-25,27H,4-5,8,15-16H2,1H3,(H,30,31,33,34)/t21-,23?,24?,25?,27-,42?/m1/s1. The van der Waals surface area contributed by atoms with Crippen molar-refractivity contribution in [2.45, 2.75) is 50.1 Å². The van der Waals surface area contributed by atoms with E-state index in [0.29, 0.717) is 35.1 Å². The molecule has 6 atom stereocenters. The highest BCUT2D eigenvalue weighted by Crippen LogP contribution is 2.58. The molecule has 12 nitrogen and oxygen atoms in total. The summed E-state index contributed by atoms with van der Waals surface area (Å²) >= 11 is 12.0. The second kappa shape index (κ2) is 13.0. The van der Waals surface area contributed by atoms with Crippen LogP contribution in [-0.2, 0) is 35.1 Å². The number of nitrogens with zero attached hydrogens (tertiary/aromatic N) is 2. The van der Waals surface area contributed by atoms with Crippen LogP contribution in [0.15, 0.2) is 65.6 Å². The van der Waals surface area contributed by atoms with Gasteiger partial charge in [-0.15, -0.1) is 0 Å². The molecule has 3 saturated heterocycles. The van der Waals surface area contributed by atoms with E-state index < -0.39 is 49.1 Å².